The number of amides is 1. The fourth-order valence-electron chi connectivity index (χ4n) is 4.56. The molecule has 2 aromatic heterocycles. The van der Waals surface area contributed by atoms with Gasteiger partial charge < -0.3 is 18.7 Å². The second kappa shape index (κ2) is 8.52. The molecule has 2 aliphatic heterocycles. The molecule has 2 aliphatic rings. The summed E-state index contributed by atoms with van der Waals surface area (Å²) in [5.74, 6) is 2.08. The van der Waals surface area contributed by atoms with Gasteiger partial charge in [0.05, 0.1) is 5.69 Å². The van der Waals surface area contributed by atoms with E-state index in [4.69, 9.17) is 8.94 Å². The smallest absolute Gasteiger partial charge is 0.289 e. The molecular formula is C22H31N3O3. The summed E-state index contributed by atoms with van der Waals surface area (Å²) in [7, 11) is 0. The predicted octanol–water partition coefficient (Wildman–Crippen LogP) is 3.96. The molecule has 0 radical (unpaired) electrons. The van der Waals surface area contributed by atoms with Crippen LogP contribution in [0.1, 0.15) is 71.9 Å². The molecule has 2 fully saturated rings. The zero-order valence-corrected chi connectivity index (χ0v) is 17.1. The van der Waals surface area contributed by atoms with E-state index in [1.807, 2.05) is 26.0 Å². The van der Waals surface area contributed by atoms with Crippen LogP contribution in [0, 0.1) is 13.8 Å². The number of rotatable bonds is 6. The number of nitrogens with zero attached hydrogens (tertiary/aromatic N) is 3. The Hall–Kier alpha value is -2.08. The summed E-state index contributed by atoms with van der Waals surface area (Å²) in [6.07, 6.45) is 7.70. The summed E-state index contributed by atoms with van der Waals surface area (Å²) in [4.78, 5) is 17.7. The maximum atomic E-state index is 13.1. The van der Waals surface area contributed by atoms with Crippen molar-refractivity contribution in [2.45, 2.75) is 64.8 Å². The first-order valence-corrected chi connectivity index (χ1v) is 10.7. The van der Waals surface area contributed by atoms with E-state index in [2.05, 4.69) is 15.0 Å². The molecule has 0 spiro atoms. The van der Waals surface area contributed by atoms with Crippen molar-refractivity contribution in [1.82, 2.24) is 15.0 Å². The molecule has 2 aromatic rings. The summed E-state index contributed by atoms with van der Waals surface area (Å²) >= 11 is 0. The van der Waals surface area contributed by atoms with Crippen molar-refractivity contribution in [3.8, 4) is 0 Å². The summed E-state index contributed by atoms with van der Waals surface area (Å²) < 4.78 is 11.2. The van der Waals surface area contributed by atoms with Crippen LogP contribution in [-0.4, -0.2) is 53.1 Å². The van der Waals surface area contributed by atoms with E-state index in [1.165, 1.54) is 32.4 Å². The summed E-state index contributed by atoms with van der Waals surface area (Å²) in [6.45, 7) is 8.20. The molecule has 28 heavy (non-hydrogen) atoms. The highest BCUT2D eigenvalue weighted by Gasteiger charge is 2.29. The number of carbonyl (C=O) groups excluding carboxylic acids is 1. The minimum Gasteiger partial charge on any atom is -0.456 e. The molecule has 6 heteroatoms. The Balaban J connectivity index is 1.41. The van der Waals surface area contributed by atoms with Crippen LogP contribution in [0.4, 0.5) is 0 Å². The lowest BCUT2D eigenvalue weighted by Gasteiger charge is -2.36. The molecule has 4 heterocycles. The van der Waals surface area contributed by atoms with Crippen LogP contribution in [0.25, 0.3) is 0 Å². The highest BCUT2D eigenvalue weighted by atomic mass is 16.5. The lowest BCUT2D eigenvalue weighted by molar-refractivity contribution is 0.0554. The van der Waals surface area contributed by atoms with E-state index >= 15 is 0 Å². The van der Waals surface area contributed by atoms with E-state index in [0.29, 0.717) is 18.2 Å². The molecule has 1 atom stereocenters. The molecule has 6 nitrogen and oxygen atoms in total. The van der Waals surface area contributed by atoms with Crippen molar-refractivity contribution < 1.29 is 13.7 Å². The van der Waals surface area contributed by atoms with E-state index in [1.54, 1.807) is 0 Å². The molecule has 0 saturated carbocycles. The highest BCUT2D eigenvalue weighted by Crippen LogP contribution is 2.25. The second-order valence-electron chi connectivity index (χ2n) is 8.23. The lowest BCUT2D eigenvalue weighted by Crippen LogP contribution is -2.45. The van der Waals surface area contributed by atoms with Gasteiger partial charge in [-0.05, 0) is 77.6 Å². The zero-order chi connectivity index (χ0) is 19.5. The SMILES string of the molecule is Cc1noc(C)c1Cc1ccc(C(=O)N2CCCC[C@@H]2CCN2CCCC2)o1. The molecule has 0 N–H and O–H groups in total. The average molecular weight is 386 g/mol. The summed E-state index contributed by atoms with van der Waals surface area (Å²) in [5.41, 5.74) is 1.91. The third-order valence-corrected chi connectivity index (χ3v) is 6.27. The Morgan fingerprint density at radius 2 is 1.93 bits per heavy atom. The van der Waals surface area contributed by atoms with Crippen LogP contribution >= 0.6 is 0 Å². The van der Waals surface area contributed by atoms with Gasteiger partial charge in [-0.15, -0.1) is 0 Å². The van der Waals surface area contributed by atoms with Crippen LogP contribution in [0.15, 0.2) is 21.1 Å². The van der Waals surface area contributed by atoms with Gasteiger partial charge in [0, 0.05) is 31.1 Å². The summed E-state index contributed by atoms with van der Waals surface area (Å²) in [5, 5.41) is 3.99. The Kier molecular flexibility index (Phi) is 5.85. The maximum Gasteiger partial charge on any atom is 0.289 e. The normalized spacial score (nSPS) is 20.8. The first-order chi connectivity index (χ1) is 13.6. The van der Waals surface area contributed by atoms with Crippen molar-refractivity contribution in [3.05, 3.63) is 40.7 Å². The largest absolute Gasteiger partial charge is 0.456 e. The fourth-order valence-corrected chi connectivity index (χ4v) is 4.56. The van der Waals surface area contributed by atoms with Crippen molar-refractivity contribution in [1.29, 1.82) is 0 Å². The quantitative estimate of drug-likeness (QED) is 0.753. The molecule has 1 amide bonds. The van der Waals surface area contributed by atoms with Crippen LogP contribution in [-0.2, 0) is 6.42 Å². The molecule has 0 aromatic carbocycles. The summed E-state index contributed by atoms with van der Waals surface area (Å²) in [6, 6.07) is 4.06. The minimum absolute atomic E-state index is 0.0381. The van der Waals surface area contributed by atoms with Gasteiger partial charge in [-0.25, -0.2) is 0 Å². The highest BCUT2D eigenvalue weighted by molar-refractivity contribution is 5.91. The molecule has 0 bridgehead atoms. The monoisotopic (exact) mass is 385 g/mol. The van der Waals surface area contributed by atoms with Crippen molar-refractivity contribution in [3.63, 3.8) is 0 Å². The number of aryl methyl sites for hydroxylation is 2. The van der Waals surface area contributed by atoms with Crippen LogP contribution < -0.4 is 0 Å². The number of carbonyl (C=O) groups is 1. The molecule has 152 valence electrons. The van der Waals surface area contributed by atoms with E-state index in [0.717, 1.165) is 55.1 Å². The number of hydrogen-bond acceptors (Lipinski definition) is 5. The van der Waals surface area contributed by atoms with E-state index < -0.39 is 0 Å². The van der Waals surface area contributed by atoms with E-state index in [9.17, 15) is 4.79 Å². The van der Waals surface area contributed by atoms with Gasteiger partial charge >= 0.3 is 0 Å². The number of furan rings is 1. The van der Waals surface area contributed by atoms with Crippen LogP contribution in [0.5, 0.6) is 0 Å². The predicted molar refractivity (Wildman–Crippen MR) is 106 cm³/mol. The third-order valence-electron chi connectivity index (χ3n) is 6.27. The first kappa shape index (κ1) is 19.2. The van der Waals surface area contributed by atoms with Crippen molar-refractivity contribution in [2.24, 2.45) is 0 Å². The third kappa shape index (κ3) is 4.17. The number of piperidine rings is 1. The molecule has 0 unspecified atom stereocenters. The molecule has 0 aliphatic carbocycles. The van der Waals surface area contributed by atoms with Crippen molar-refractivity contribution >= 4 is 5.91 Å². The fraction of sp³-hybridized carbons (Fsp3) is 0.636. The van der Waals surface area contributed by atoms with Gasteiger partial charge in [0.1, 0.15) is 11.5 Å². The van der Waals surface area contributed by atoms with Gasteiger partial charge in [0.25, 0.3) is 5.91 Å². The van der Waals surface area contributed by atoms with Gasteiger partial charge in [-0.1, -0.05) is 5.16 Å². The number of aromatic nitrogens is 1. The Morgan fingerprint density at radius 3 is 2.68 bits per heavy atom. The van der Waals surface area contributed by atoms with E-state index in [-0.39, 0.29) is 5.91 Å². The Labute approximate surface area is 166 Å². The standard InChI is InChI=1S/C22H31N3O3/c1-16-20(17(2)28-23-16)15-19-8-9-21(27-19)22(26)25-13-4-3-7-18(25)10-14-24-11-5-6-12-24/h8-9,18H,3-7,10-15H2,1-2H3/t18-/m1/s1. The van der Waals surface area contributed by atoms with Gasteiger partial charge in [-0.2, -0.15) is 0 Å². The topological polar surface area (TPSA) is 62.7 Å². The van der Waals surface area contributed by atoms with Gasteiger partial charge in [-0.3, -0.25) is 4.79 Å². The van der Waals surface area contributed by atoms with Gasteiger partial charge in [0.2, 0.25) is 0 Å². The van der Waals surface area contributed by atoms with Crippen LogP contribution in [0.2, 0.25) is 0 Å². The molecule has 2 saturated heterocycles. The Bertz CT molecular complexity index is 784. The Morgan fingerprint density at radius 1 is 1.14 bits per heavy atom. The minimum atomic E-state index is 0.0381. The van der Waals surface area contributed by atoms with Crippen molar-refractivity contribution in [2.75, 3.05) is 26.2 Å². The maximum absolute atomic E-state index is 13.1. The zero-order valence-electron chi connectivity index (χ0n) is 17.1. The number of hydrogen-bond donors (Lipinski definition) is 0. The number of likely N-dealkylation sites (tertiary alicyclic amines) is 2. The lowest BCUT2D eigenvalue weighted by atomic mass is 9.98. The average Bonchev–Trinajstić information content (AvgIpc) is 3.45. The first-order valence-electron chi connectivity index (χ1n) is 10.7. The molecule has 4 rings (SSSR count). The van der Waals surface area contributed by atoms with Gasteiger partial charge in [0.15, 0.2) is 5.76 Å². The second-order valence-corrected chi connectivity index (χ2v) is 8.23. The molecular weight excluding hydrogens is 354 g/mol. The van der Waals surface area contributed by atoms with Crippen LogP contribution in [0.3, 0.4) is 0 Å².